The molecule has 0 bridgehead atoms. The van der Waals surface area contributed by atoms with Gasteiger partial charge < -0.3 is 30.7 Å². The smallest absolute Gasteiger partial charge is 0.328 e. The van der Waals surface area contributed by atoms with Crippen molar-refractivity contribution in [3.05, 3.63) is 71.8 Å². The summed E-state index contributed by atoms with van der Waals surface area (Å²) in [5.41, 5.74) is 2.25. The number of hydrogen-bond donors (Lipinski definition) is 5. The van der Waals surface area contributed by atoms with Crippen molar-refractivity contribution in [2.24, 2.45) is 0 Å². The molecule has 1 unspecified atom stereocenters. The maximum Gasteiger partial charge on any atom is 0.328 e. The van der Waals surface area contributed by atoms with Crippen LogP contribution < -0.4 is 15.4 Å². The number of carboxylic acid groups (broad SMARTS) is 2. The number of rotatable bonds is 9. The van der Waals surface area contributed by atoms with E-state index in [0.717, 1.165) is 16.8 Å². The fraction of sp³-hybridized carbons (Fsp3) is 0.269. The first-order valence-electron chi connectivity index (χ1n) is 10.6. The molecule has 0 saturated carbocycles. The molecule has 5 N–H and O–H groups in total. The van der Waals surface area contributed by atoms with Crippen molar-refractivity contribution in [3.8, 4) is 17.6 Å². The van der Waals surface area contributed by atoms with Gasteiger partial charge >= 0.3 is 11.9 Å². The first-order valence-corrected chi connectivity index (χ1v) is 10.6. The number of carbonyl (C=O) groups is 3. The van der Waals surface area contributed by atoms with Crippen LogP contribution in [-0.2, 0) is 14.4 Å². The molecule has 0 spiro atoms. The van der Waals surface area contributed by atoms with Crippen LogP contribution in [-0.4, -0.2) is 58.5 Å². The quantitative estimate of drug-likeness (QED) is 0.208. The van der Waals surface area contributed by atoms with Crippen LogP contribution in [0.5, 0.6) is 5.75 Å². The van der Waals surface area contributed by atoms with Gasteiger partial charge in [-0.1, -0.05) is 24.0 Å². The van der Waals surface area contributed by atoms with Crippen LogP contribution >= 0.6 is 0 Å². The van der Waals surface area contributed by atoms with Gasteiger partial charge in [-0.2, -0.15) is 0 Å². The van der Waals surface area contributed by atoms with Crippen LogP contribution in [0.25, 0.3) is 0 Å². The van der Waals surface area contributed by atoms with E-state index in [-0.39, 0.29) is 12.1 Å². The molecule has 0 fully saturated rings. The lowest BCUT2D eigenvalue weighted by molar-refractivity contribution is -0.134. The predicted molar refractivity (Wildman–Crippen MR) is 132 cm³/mol. The Morgan fingerprint density at radius 3 is 2.14 bits per heavy atom. The molecule has 0 saturated heterocycles. The monoisotopic (exact) mass is 482 g/mol. The summed E-state index contributed by atoms with van der Waals surface area (Å²) in [5.74, 6) is 4.31. The summed E-state index contributed by atoms with van der Waals surface area (Å²) in [6.07, 6.45) is 1.15. The molecule has 0 aliphatic heterocycles. The van der Waals surface area contributed by atoms with Crippen LogP contribution in [0.15, 0.2) is 60.7 Å². The molecule has 2 rings (SSSR count). The van der Waals surface area contributed by atoms with E-state index >= 15 is 0 Å². The molecule has 0 aliphatic carbocycles. The van der Waals surface area contributed by atoms with Gasteiger partial charge in [-0.3, -0.25) is 4.79 Å². The van der Waals surface area contributed by atoms with E-state index in [1.54, 1.807) is 12.1 Å². The molecule has 0 aliphatic rings. The molecule has 0 radical (unpaired) electrons. The standard InChI is InChI=1S/C22H26N2O3.C4H4O4/c1-22(2,3)24-14-20(26)15-27-21-7-5-4-6-18(21)11-8-17-9-12-19(13-10-17)23-16-25;5-3(6)1-2-4(7)8/h4-7,9-10,12-13,16,20,24,26H,14-15H2,1-3H3,(H,23,25);1-2H,(H,5,6)(H,7,8). The fourth-order valence-corrected chi connectivity index (χ4v) is 2.36. The number of nitrogens with one attached hydrogen (secondary N) is 2. The van der Waals surface area contributed by atoms with E-state index in [4.69, 9.17) is 14.9 Å². The second kappa shape index (κ2) is 14.9. The van der Waals surface area contributed by atoms with Gasteiger partial charge in [-0.25, -0.2) is 9.59 Å². The second-order valence-corrected chi connectivity index (χ2v) is 8.19. The number of aliphatic hydroxyl groups is 1. The lowest BCUT2D eigenvalue weighted by atomic mass is 10.1. The first-order chi connectivity index (χ1) is 16.5. The van der Waals surface area contributed by atoms with Crippen LogP contribution in [0.1, 0.15) is 31.9 Å². The summed E-state index contributed by atoms with van der Waals surface area (Å²) in [5, 5.41) is 31.5. The van der Waals surface area contributed by atoms with Gasteiger partial charge in [0.1, 0.15) is 18.5 Å². The number of para-hydroxylation sites is 1. The molecule has 1 atom stereocenters. The number of aliphatic carboxylic acids is 2. The molecule has 186 valence electrons. The van der Waals surface area contributed by atoms with E-state index in [1.165, 1.54) is 0 Å². The fourth-order valence-electron chi connectivity index (χ4n) is 2.36. The molecule has 9 nitrogen and oxygen atoms in total. The average molecular weight is 483 g/mol. The van der Waals surface area contributed by atoms with E-state index in [2.05, 4.69) is 22.5 Å². The number of ether oxygens (including phenoxy) is 1. The largest absolute Gasteiger partial charge is 0.490 e. The van der Waals surface area contributed by atoms with Gasteiger partial charge in [0, 0.05) is 35.5 Å². The minimum Gasteiger partial charge on any atom is -0.490 e. The van der Waals surface area contributed by atoms with E-state index in [1.807, 2.05) is 57.2 Å². The molecule has 2 aromatic rings. The number of hydrogen-bond acceptors (Lipinski definition) is 6. The Bertz CT molecular complexity index is 1050. The molecule has 0 aromatic heterocycles. The minimum atomic E-state index is -1.26. The summed E-state index contributed by atoms with van der Waals surface area (Å²) in [6, 6.07) is 14.7. The molecule has 2 aromatic carbocycles. The number of aliphatic hydroxyl groups excluding tert-OH is 1. The molecule has 0 heterocycles. The van der Waals surface area contributed by atoms with Crippen molar-refractivity contribution >= 4 is 24.0 Å². The molecule has 35 heavy (non-hydrogen) atoms. The van der Waals surface area contributed by atoms with Crippen LogP contribution in [0.4, 0.5) is 5.69 Å². The van der Waals surface area contributed by atoms with Gasteiger partial charge in [0.15, 0.2) is 0 Å². The predicted octanol–water partition coefficient (Wildman–Crippen LogP) is 2.49. The third-order valence-corrected chi connectivity index (χ3v) is 4.01. The summed E-state index contributed by atoms with van der Waals surface area (Å²) in [6.45, 7) is 6.79. The van der Waals surface area contributed by atoms with Gasteiger partial charge in [-0.15, -0.1) is 0 Å². The normalized spacial score (nSPS) is 11.3. The second-order valence-electron chi connectivity index (χ2n) is 8.19. The van der Waals surface area contributed by atoms with Crippen molar-refractivity contribution in [2.45, 2.75) is 32.4 Å². The number of carbonyl (C=O) groups excluding carboxylic acids is 1. The van der Waals surface area contributed by atoms with Gasteiger partial charge in [0.2, 0.25) is 6.41 Å². The summed E-state index contributed by atoms with van der Waals surface area (Å²) in [7, 11) is 0. The number of carboxylic acids is 2. The zero-order valence-electron chi connectivity index (χ0n) is 19.8. The van der Waals surface area contributed by atoms with Gasteiger partial charge in [0.25, 0.3) is 0 Å². The SMILES string of the molecule is CC(C)(C)NCC(O)COc1ccccc1C#Cc1ccc(NC=O)cc1.O=C(O)C=CC(=O)O. The zero-order valence-corrected chi connectivity index (χ0v) is 19.8. The Morgan fingerprint density at radius 2 is 1.60 bits per heavy atom. The average Bonchev–Trinajstić information content (AvgIpc) is 2.80. The molecule has 1 amide bonds. The Morgan fingerprint density at radius 1 is 1.00 bits per heavy atom. The number of β-amino-alcohol motifs (C(OH)–C–C–N with tert-alkyl or cyclic N) is 1. The maximum absolute atomic E-state index is 10.4. The Labute approximate surface area is 204 Å². The van der Waals surface area contributed by atoms with Crippen molar-refractivity contribution in [2.75, 3.05) is 18.5 Å². The number of amides is 1. The third kappa shape index (κ3) is 13.9. The molecular formula is C26H30N2O7. The third-order valence-electron chi connectivity index (χ3n) is 4.01. The summed E-state index contributed by atoms with van der Waals surface area (Å²) >= 11 is 0. The number of anilines is 1. The van der Waals surface area contributed by atoms with E-state index < -0.39 is 18.0 Å². The number of benzene rings is 2. The van der Waals surface area contributed by atoms with Gasteiger partial charge in [-0.05, 0) is 57.2 Å². The lowest BCUT2D eigenvalue weighted by Crippen LogP contribution is -2.42. The van der Waals surface area contributed by atoms with E-state index in [0.29, 0.717) is 30.9 Å². The van der Waals surface area contributed by atoms with Crippen molar-refractivity contribution in [3.63, 3.8) is 0 Å². The van der Waals surface area contributed by atoms with Crippen LogP contribution in [0, 0.1) is 11.8 Å². The highest BCUT2D eigenvalue weighted by Crippen LogP contribution is 2.17. The van der Waals surface area contributed by atoms with Gasteiger partial charge in [0.05, 0.1) is 5.56 Å². The van der Waals surface area contributed by atoms with Crippen molar-refractivity contribution in [1.29, 1.82) is 0 Å². The summed E-state index contributed by atoms with van der Waals surface area (Å²) < 4.78 is 5.76. The molecule has 9 heteroatoms. The van der Waals surface area contributed by atoms with E-state index in [9.17, 15) is 19.5 Å². The minimum absolute atomic E-state index is 0.0544. The lowest BCUT2D eigenvalue weighted by Gasteiger charge is -2.23. The highest BCUT2D eigenvalue weighted by molar-refractivity contribution is 5.89. The Balaban J connectivity index is 0.000000658. The van der Waals surface area contributed by atoms with Crippen LogP contribution in [0.3, 0.4) is 0 Å². The van der Waals surface area contributed by atoms with Crippen molar-refractivity contribution in [1.82, 2.24) is 5.32 Å². The Hall–Kier alpha value is -4.13. The van der Waals surface area contributed by atoms with Crippen molar-refractivity contribution < 1.29 is 34.4 Å². The zero-order chi connectivity index (χ0) is 26.3. The highest BCUT2D eigenvalue weighted by Gasteiger charge is 2.13. The van der Waals surface area contributed by atoms with Crippen LogP contribution in [0.2, 0.25) is 0 Å². The Kier molecular flexibility index (Phi) is 12.3. The maximum atomic E-state index is 10.4. The first kappa shape index (κ1) is 28.9. The highest BCUT2D eigenvalue weighted by atomic mass is 16.5. The summed E-state index contributed by atoms with van der Waals surface area (Å²) in [4.78, 5) is 29.5. The molecular weight excluding hydrogens is 452 g/mol. The topological polar surface area (TPSA) is 145 Å².